The molecule has 0 aromatic heterocycles. The summed E-state index contributed by atoms with van der Waals surface area (Å²) >= 11 is 37.7. The van der Waals surface area contributed by atoms with E-state index in [1.165, 1.54) is 125 Å². The van der Waals surface area contributed by atoms with Crippen LogP contribution >= 0.6 is 85.5 Å². The Bertz CT molecular complexity index is 5320. The molecule has 0 aliphatic carbocycles. The number of hydrogen-bond acceptors (Lipinski definition) is 23. The van der Waals surface area contributed by atoms with Gasteiger partial charge in [0, 0.05) is 24.6 Å². The van der Waals surface area contributed by atoms with Crippen molar-refractivity contribution in [2.45, 2.75) is 130 Å². The SMILES string of the molecule is COC(=O)Cc1ccc(Br)cc1.COC(=O)Cc1ccc(C(C)(C)C)cc1.COC(=O)Cc1ccc(C(F)(F)F)cc1.COC(=O)Cc1ccc(C)c(C)c1.COC(=O)Cc1ccc(C)cc1.COC(=O)Cc1ccc(CO)cc1.COC(=O)Cc1ccc(Cl)c(Cl)c1.COC(=O)Cc1ccc(Cl)cc1.COC(=O)Cc1ccc(Cl)cc1Cl.COC(=O)Cc1ccc(F)cc1.COC(=O)Cc1cccc(Cl)c1. The highest BCUT2D eigenvalue weighted by Gasteiger charge is 2.30. The maximum absolute atomic E-state index is 12.4. The van der Waals surface area contributed by atoms with Crippen molar-refractivity contribution in [2.24, 2.45) is 0 Å². The van der Waals surface area contributed by atoms with Gasteiger partial charge < -0.3 is 57.2 Å². The molecule has 34 heteroatoms. The predicted molar refractivity (Wildman–Crippen MR) is 545 cm³/mol. The lowest BCUT2D eigenvalue weighted by molar-refractivity contribution is -0.140. The lowest BCUT2D eigenvalue weighted by atomic mass is 9.86. The van der Waals surface area contributed by atoms with Gasteiger partial charge in [-0.15, -0.1) is 0 Å². The quantitative estimate of drug-likeness (QED) is 0.0353. The molecule has 0 atom stereocenters. The molecule has 0 radical (unpaired) electrons. The van der Waals surface area contributed by atoms with E-state index in [0.717, 1.165) is 77.8 Å². The summed E-state index contributed by atoms with van der Waals surface area (Å²) in [5.41, 5.74) is 14.6. The number of ether oxygens (including phenoxy) is 11. The van der Waals surface area contributed by atoms with E-state index in [1.54, 1.807) is 103 Å². The molecule has 0 unspecified atom stereocenters. The Balaban J connectivity index is 0.000000782. The van der Waals surface area contributed by atoms with Gasteiger partial charge >= 0.3 is 71.8 Å². The largest absolute Gasteiger partial charge is 0.469 e. The van der Waals surface area contributed by atoms with Crippen LogP contribution < -0.4 is 0 Å². The molecule has 0 saturated heterocycles. The summed E-state index contributed by atoms with van der Waals surface area (Å²) in [6, 6.07) is 71.2. The average Bonchev–Trinajstić information content (AvgIpc) is 0.846. The van der Waals surface area contributed by atoms with Crippen LogP contribution in [0.15, 0.2) is 253 Å². The lowest BCUT2D eigenvalue weighted by Crippen LogP contribution is -2.11. The number of benzene rings is 11. The molecule has 0 amide bonds. The van der Waals surface area contributed by atoms with Crippen LogP contribution in [-0.4, -0.2) is 149 Å². The van der Waals surface area contributed by atoms with Gasteiger partial charge in [0.25, 0.3) is 0 Å². The number of aliphatic hydroxyl groups excluding tert-OH is 1. The van der Waals surface area contributed by atoms with Crippen LogP contribution in [0.1, 0.15) is 115 Å². The van der Waals surface area contributed by atoms with Gasteiger partial charge in [-0.1, -0.05) is 276 Å². The number of esters is 11. The number of carbonyl (C=O) groups is 11. The molecule has 0 heterocycles. The molecule has 11 aromatic carbocycles. The summed E-state index contributed by atoms with van der Waals surface area (Å²) < 4.78 is 99.6. The van der Waals surface area contributed by atoms with Crippen molar-refractivity contribution in [2.75, 3.05) is 78.2 Å². The Morgan fingerprint density at radius 2 is 0.549 bits per heavy atom. The van der Waals surface area contributed by atoms with Gasteiger partial charge in [0.1, 0.15) is 5.82 Å². The first kappa shape index (κ1) is 127. The van der Waals surface area contributed by atoms with Gasteiger partial charge in [0.2, 0.25) is 0 Å². The van der Waals surface area contributed by atoms with Crippen LogP contribution in [-0.2, 0) is 194 Å². The number of rotatable bonds is 23. The maximum Gasteiger partial charge on any atom is 0.416 e. The van der Waals surface area contributed by atoms with Crippen LogP contribution in [0.3, 0.4) is 0 Å². The molecule has 0 aliphatic rings. The summed E-state index contributed by atoms with van der Waals surface area (Å²) in [5.74, 6) is -3.24. The second-order valence-corrected chi connectivity index (χ2v) is 34.2. The summed E-state index contributed by atoms with van der Waals surface area (Å²) in [4.78, 5) is 120. The number of alkyl halides is 3. The molecule has 0 saturated carbocycles. The molecule has 764 valence electrons. The van der Waals surface area contributed by atoms with Crippen LogP contribution in [0, 0.1) is 26.6 Å². The molecule has 0 spiro atoms. The zero-order valence-electron chi connectivity index (χ0n) is 81.7. The number of halogens is 11. The predicted octanol–water partition coefficient (Wildman–Crippen LogP) is 23.0. The first-order valence-corrected chi connectivity index (χ1v) is 45.9. The zero-order chi connectivity index (χ0) is 107. The molecule has 23 nitrogen and oxygen atoms in total. The summed E-state index contributed by atoms with van der Waals surface area (Å²) in [6.07, 6.45) is -1.53. The molecule has 11 aromatic rings. The standard InChI is InChI=1S/C13H18O2.C11H14O2.C10H9F3O2.C10H12O3.C10H12O2.C9H9BrO2.2C9H8Cl2O2.2C9H9ClO2.C9H9FO2/c1-13(2,3)11-7-5-10(6-8-11)9-12(14)15-4;1-8-4-5-10(6-9(8)2)7-11(12)13-3;1-15-9(14)6-7-2-4-8(5-3-7)10(11,12)13;1-13-10(12)6-8-2-4-9(7-11)5-3-8;1-8-3-5-9(6-4-8)7-10(11)12-2;1-12-9(11)6-7-2-4-8(10)5-3-7;1-13-9(12)4-6-2-3-7(10)5-8(6)11;1-13-9(12)5-6-2-3-7(10)8(11)4-6;1-12-9(11)6-7-2-4-8(10)5-3-7;1-12-9(11)6-7-3-2-4-8(10)5-7;1-12-9(11)6-7-2-4-8(10)5-3-7/h5-8H,9H2,1-4H3;4-6H,7H2,1-3H3;2-5H,6H2,1H3;2-5,11H,6-7H2,1H3;3-6H,7H2,1-2H3;2-5H,6H2,1H3;2-3,5H,4H2,1H3;2-4H,5H2,1H3;3*2-5H,6H2,1H3. The van der Waals surface area contributed by atoms with Crippen LogP contribution in [0.25, 0.3) is 0 Å². The average molecular weight is 2150 g/mol. The van der Waals surface area contributed by atoms with Crippen LogP contribution in [0.5, 0.6) is 0 Å². The minimum atomic E-state index is -4.34. The second kappa shape index (κ2) is 71.0. The Kier molecular flexibility index (Phi) is 63.8. The van der Waals surface area contributed by atoms with E-state index in [9.17, 15) is 70.3 Å². The van der Waals surface area contributed by atoms with E-state index in [-0.39, 0.29) is 116 Å². The molecular formula is C108H117BrCl6F4O23. The molecule has 11 rings (SSSR count). The van der Waals surface area contributed by atoms with Crippen molar-refractivity contribution in [3.8, 4) is 0 Å². The van der Waals surface area contributed by atoms with Gasteiger partial charge in [0.15, 0.2) is 0 Å². The highest BCUT2D eigenvalue weighted by molar-refractivity contribution is 9.10. The molecule has 0 fully saturated rings. The van der Waals surface area contributed by atoms with Gasteiger partial charge in [-0.3, -0.25) is 52.7 Å². The van der Waals surface area contributed by atoms with E-state index in [1.807, 2.05) is 111 Å². The smallest absolute Gasteiger partial charge is 0.416 e. The Morgan fingerprint density at radius 3 is 0.873 bits per heavy atom. The Hall–Kier alpha value is -12.5. The third-order valence-corrected chi connectivity index (χ3v) is 21.3. The van der Waals surface area contributed by atoms with E-state index >= 15 is 0 Å². The normalized spacial score (nSPS) is 9.95. The van der Waals surface area contributed by atoms with Crippen molar-refractivity contribution in [1.82, 2.24) is 0 Å². The molecular weight excluding hydrogens is 2030 g/mol. The summed E-state index contributed by atoms with van der Waals surface area (Å²) in [7, 11) is 15.0. The second-order valence-electron chi connectivity index (χ2n) is 30.8. The highest BCUT2D eigenvalue weighted by Crippen LogP contribution is 2.30. The van der Waals surface area contributed by atoms with E-state index in [2.05, 4.69) is 108 Å². The zero-order valence-corrected chi connectivity index (χ0v) is 87.9. The van der Waals surface area contributed by atoms with Gasteiger partial charge in [-0.25, -0.2) is 4.39 Å². The van der Waals surface area contributed by atoms with Gasteiger partial charge in [0.05, 0.1) is 171 Å². The maximum atomic E-state index is 12.4. The third-order valence-electron chi connectivity index (χ3n) is 19.0. The third kappa shape index (κ3) is 58.7. The van der Waals surface area contributed by atoms with Gasteiger partial charge in [-0.2, -0.15) is 13.2 Å². The Morgan fingerprint density at radius 1 is 0.275 bits per heavy atom. The van der Waals surface area contributed by atoms with Crippen molar-refractivity contribution >= 4 is 151 Å². The number of carbonyl (C=O) groups excluding carboxylic acids is 11. The van der Waals surface area contributed by atoms with E-state index < -0.39 is 17.7 Å². The minimum Gasteiger partial charge on any atom is -0.469 e. The summed E-state index contributed by atoms with van der Waals surface area (Å²) in [6.45, 7) is 12.6. The highest BCUT2D eigenvalue weighted by atomic mass is 79.9. The monoisotopic (exact) mass is 2150 g/mol. The number of aryl methyl sites for hydroxylation is 3. The van der Waals surface area contributed by atoms with Crippen molar-refractivity contribution < 1.29 is 128 Å². The first-order valence-electron chi connectivity index (χ1n) is 42.8. The number of methoxy groups -OCH3 is 11. The fourth-order valence-electron chi connectivity index (χ4n) is 10.7. The van der Waals surface area contributed by atoms with E-state index in [0.29, 0.717) is 67.8 Å². The number of aliphatic hydroxyl groups is 1. The van der Waals surface area contributed by atoms with Crippen LogP contribution in [0.2, 0.25) is 30.1 Å². The fourth-order valence-corrected chi connectivity index (χ4v) is 12.1. The molecule has 142 heavy (non-hydrogen) atoms. The first-order chi connectivity index (χ1) is 67.1. The summed E-state index contributed by atoms with van der Waals surface area (Å²) in [5, 5.41) is 12.0. The van der Waals surface area contributed by atoms with Crippen molar-refractivity contribution in [1.29, 1.82) is 0 Å². The van der Waals surface area contributed by atoms with Crippen molar-refractivity contribution in [3.05, 3.63) is 384 Å². The molecule has 0 aliphatic heterocycles. The molecule has 1 N–H and O–H groups in total. The number of hydrogen-bond donors (Lipinski definition) is 1. The lowest BCUT2D eigenvalue weighted by Gasteiger charge is -2.18. The van der Waals surface area contributed by atoms with Crippen molar-refractivity contribution in [3.63, 3.8) is 0 Å². The van der Waals surface area contributed by atoms with Crippen LogP contribution in [0.4, 0.5) is 17.6 Å². The minimum absolute atomic E-state index is 0.0192. The van der Waals surface area contributed by atoms with E-state index in [4.69, 9.17) is 74.7 Å². The van der Waals surface area contributed by atoms with Gasteiger partial charge in [-0.05, 0) is 195 Å². The molecule has 0 bridgehead atoms. The Labute approximate surface area is 865 Å². The fraction of sp³-hybridized carbons (Fsp3) is 0.287. The topological polar surface area (TPSA) is 310 Å².